The summed E-state index contributed by atoms with van der Waals surface area (Å²) in [7, 11) is 5.47. The molecule has 0 aliphatic heterocycles. The lowest BCUT2D eigenvalue weighted by Crippen LogP contribution is -2.25. The van der Waals surface area contributed by atoms with Crippen LogP contribution in [0.2, 0.25) is 0 Å². The van der Waals surface area contributed by atoms with Gasteiger partial charge in [-0.05, 0) is 68.7 Å². The first-order valence-corrected chi connectivity index (χ1v) is 13.1. The van der Waals surface area contributed by atoms with Gasteiger partial charge in [-0.1, -0.05) is 12.1 Å². The summed E-state index contributed by atoms with van der Waals surface area (Å²) in [6, 6.07) is 15.7. The van der Waals surface area contributed by atoms with Crippen molar-refractivity contribution in [1.82, 2.24) is 29.0 Å². The average molecular weight is 582 g/mol. The van der Waals surface area contributed by atoms with Crippen LogP contribution in [0.4, 0.5) is 21.7 Å². The summed E-state index contributed by atoms with van der Waals surface area (Å²) in [4.78, 5) is 55.1. The number of rotatable bonds is 8. The van der Waals surface area contributed by atoms with E-state index in [-0.39, 0.29) is 34.3 Å². The van der Waals surface area contributed by atoms with E-state index >= 15 is 0 Å². The molecule has 0 radical (unpaired) electrons. The molecule has 0 unspecified atom stereocenters. The Morgan fingerprint density at radius 1 is 0.977 bits per heavy atom. The number of fused-ring (bicyclic) bond motifs is 1. The fraction of sp³-hybridized carbons (Fsp3) is 0.133. The molecule has 5 aromatic rings. The first-order valence-electron chi connectivity index (χ1n) is 13.1. The van der Waals surface area contributed by atoms with Crippen molar-refractivity contribution in [3.8, 4) is 11.4 Å². The molecular weight excluding hydrogens is 553 g/mol. The standard InChI is InChI=1S/C30H28FN9O3/c1-37(2)15-5-8-25(41)38(3)22-6-4-7-23(16-22)40-28-26(27(32)34-18-35-28)39(30(40)43)21-12-9-19(10-13-21)29(42)36-24-14-11-20(31)17-33-24/h4-14,16-18H,15H2,1-3H3,(H2,32,34,35)(H,33,36,42)/b8-5+. The molecule has 0 saturated carbocycles. The number of anilines is 3. The van der Waals surface area contributed by atoms with Gasteiger partial charge in [0, 0.05) is 30.9 Å². The number of carbonyl (C=O) groups excluding carboxylic acids is 2. The van der Waals surface area contributed by atoms with E-state index < -0.39 is 17.4 Å². The van der Waals surface area contributed by atoms with Crippen molar-refractivity contribution in [1.29, 1.82) is 0 Å². The van der Waals surface area contributed by atoms with Crippen LogP contribution in [0.1, 0.15) is 10.4 Å². The molecule has 2 amide bonds. The number of aromatic nitrogens is 5. The van der Waals surface area contributed by atoms with E-state index in [1.54, 1.807) is 49.5 Å². The summed E-state index contributed by atoms with van der Waals surface area (Å²) in [6.07, 6.45) is 5.54. The molecule has 3 aromatic heterocycles. The van der Waals surface area contributed by atoms with Crippen LogP contribution in [0.5, 0.6) is 0 Å². The van der Waals surface area contributed by atoms with Crippen LogP contribution in [0.3, 0.4) is 0 Å². The molecule has 13 heteroatoms. The van der Waals surface area contributed by atoms with Crippen LogP contribution < -0.4 is 21.6 Å². The second-order valence-electron chi connectivity index (χ2n) is 9.83. The molecule has 0 saturated heterocycles. The Balaban J connectivity index is 1.50. The predicted octanol–water partition coefficient (Wildman–Crippen LogP) is 3.02. The van der Waals surface area contributed by atoms with Gasteiger partial charge >= 0.3 is 5.69 Å². The Labute approximate surface area is 245 Å². The fourth-order valence-corrected chi connectivity index (χ4v) is 4.36. The Morgan fingerprint density at radius 2 is 1.74 bits per heavy atom. The first-order chi connectivity index (χ1) is 20.6. The maximum atomic E-state index is 13.9. The summed E-state index contributed by atoms with van der Waals surface area (Å²) in [5.41, 5.74) is 8.03. The lowest BCUT2D eigenvalue weighted by atomic mass is 10.2. The molecular formula is C30H28FN9O3. The molecule has 43 heavy (non-hydrogen) atoms. The third-order valence-corrected chi connectivity index (χ3v) is 6.54. The number of nitrogen functional groups attached to an aromatic ring is 1. The van der Waals surface area contributed by atoms with Crippen molar-refractivity contribution in [3.63, 3.8) is 0 Å². The second-order valence-corrected chi connectivity index (χ2v) is 9.83. The monoisotopic (exact) mass is 581 g/mol. The first kappa shape index (κ1) is 28.8. The van der Waals surface area contributed by atoms with Gasteiger partial charge in [0.1, 0.15) is 23.5 Å². The van der Waals surface area contributed by atoms with Gasteiger partial charge in [-0.15, -0.1) is 0 Å². The maximum absolute atomic E-state index is 13.9. The molecule has 3 N–H and O–H groups in total. The van der Waals surface area contributed by atoms with Gasteiger partial charge in [0.2, 0.25) is 5.91 Å². The van der Waals surface area contributed by atoms with Crippen molar-refractivity contribution >= 4 is 40.3 Å². The van der Waals surface area contributed by atoms with Gasteiger partial charge in [0.05, 0.1) is 17.6 Å². The molecule has 5 rings (SSSR count). The normalized spacial score (nSPS) is 11.4. The highest BCUT2D eigenvalue weighted by atomic mass is 19.1. The van der Waals surface area contributed by atoms with Crippen LogP contribution in [0, 0.1) is 5.82 Å². The third-order valence-electron chi connectivity index (χ3n) is 6.54. The van der Waals surface area contributed by atoms with Gasteiger partial charge < -0.3 is 20.9 Å². The number of amides is 2. The summed E-state index contributed by atoms with van der Waals surface area (Å²) in [5, 5.41) is 2.60. The number of likely N-dealkylation sites (N-methyl/N-ethyl adjacent to an activating group) is 2. The van der Waals surface area contributed by atoms with Gasteiger partial charge in [-0.2, -0.15) is 0 Å². The Kier molecular flexibility index (Phi) is 8.07. The molecule has 3 heterocycles. The lowest BCUT2D eigenvalue weighted by Gasteiger charge is -2.16. The molecule has 0 aliphatic carbocycles. The second kappa shape index (κ2) is 12.0. The van der Waals surface area contributed by atoms with Gasteiger partial charge in [-0.3, -0.25) is 14.2 Å². The minimum absolute atomic E-state index is 0.0829. The van der Waals surface area contributed by atoms with Crippen LogP contribution in [-0.4, -0.2) is 68.5 Å². The highest BCUT2D eigenvalue weighted by molar-refractivity contribution is 6.04. The van der Waals surface area contributed by atoms with Crippen molar-refractivity contribution in [2.75, 3.05) is 43.6 Å². The Hall–Kier alpha value is -5.69. The molecule has 0 aliphatic rings. The lowest BCUT2D eigenvalue weighted by molar-refractivity contribution is -0.113. The molecule has 0 fully saturated rings. The Bertz CT molecular complexity index is 1900. The SMILES string of the molecule is CN(C)C/C=C/C(=O)N(C)c1cccc(-n2c(=O)n(-c3ccc(C(=O)Nc4ccc(F)cn4)cc3)c3c(N)ncnc32)c1. The molecule has 218 valence electrons. The largest absolute Gasteiger partial charge is 0.382 e. The number of imidazole rings is 1. The quantitative estimate of drug-likeness (QED) is 0.266. The molecule has 2 aromatic carbocycles. The topological polar surface area (TPSA) is 144 Å². The van der Waals surface area contributed by atoms with E-state index in [1.807, 2.05) is 19.0 Å². The summed E-state index contributed by atoms with van der Waals surface area (Å²) in [6.45, 7) is 0.618. The van der Waals surface area contributed by atoms with Gasteiger partial charge in [-0.25, -0.2) is 28.7 Å². The summed E-state index contributed by atoms with van der Waals surface area (Å²) >= 11 is 0. The highest BCUT2D eigenvalue weighted by Crippen LogP contribution is 2.25. The van der Waals surface area contributed by atoms with Gasteiger partial charge in [0.25, 0.3) is 5.91 Å². The number of nitrogens with zero attached hydrogens (tertiary/aromatic N) is 7. The number of benzene rings is 2. The van der Waals surface area contributed by atoms with E-state index in [1.165, 1.54) is 50.7 Å². The zero-order valence-corrected chi connectivity index (χ0v) is 23.6. The number of carbonyl (C=O) groups is 2. The number of halogens is 1. The minimum Gasteiger partial charge on any atom is -0.382 e. The number of hydrogen-bond acceptors (Lipinski definition) is 8. The molecule has 12 nitrogen and oxygen atoms in total. The van der Waals surface area contributed by atoms with E-state index in [4.69, 9.17) is 5.73 Å². The van der Waals surface area contributed by atoms with E-state index in [0.29, 0.717) is 23.6 Å². The van der Waals surface area contributed by atoms with Crippen molar-refractivity contribution in [2.45, 2.75) is 0 Å². The number of nitrogens with one attached hydrogen (secondary N) is 1. The van der Waals surface area contributed by atoms with Crippen molar-refractivity contribution < 1.29 is 14.0 Å². The third kappa shape index (κ3) is 6.01. The highest BCUT2D eigenvalue weighted by Gasteiger charge is 2.21. The zero-order valence-electron chi connectivity index (χ0n) is 23.6. The number of pyridine rings is 1. The van der Waals surface area contributed by atoms with Crippen LogP contribution in [0.25, 0.3) is 22.5 Å². The van der Waals surface area contributed by atoms with E-state index in [0.717, 1.165) is 6.20 Å². The predicted molar refractivity (Wildman–Crippen MR) is 162 cm³/mol. The van der Waals surface area contributed by atoms with Crippen molar-refractivity contribution in [3.05, 3.63) is 107 Å². The zero-order chi connectivity index (χ0) is 30.7. The number of nitrogens with two attached hydrogens (primary N) is 1. The van der Waals surface area contributed by atoms with E-state index in [9.17, 15) is 18.8 Å². The molecule has 0 atom stereocenters. The minimum atomic E-state index is -0.518. The maximum Gasteiger partial charge on any atom is 0.339 e. The van der Waals surface area contributed by atoms with Crippen LogP contribution >= 0.6 is 0 Å². The van der Waals surface area contributed by atoms with Crippen molar-refractivity contribution in [2.24, 2.45) is 0 Å². The summed E-state index contributed by atoms with van der Waals surface area (Å²) in [5.74, 6) is -0.927. The van der Waals surface area contributed by atoms with Crippen LogP contribution in [0.15, 0.2) is 90.1 Å². The summed E-state index contributed by atoms with van der Waals surface area (Å²) < 4.78 is 15.9. The Morgan fingerprint density at radius 3 is 2.44 bits per heavy atom. The van der Waals surface area contributed by atoms with Crippen LogP contribution in [-0.2, 0) is 4.79 Å². The average Bonchev–Trinajstić information content (AvgIpc) is 3.30. The molecule has 0 bridgehead atoms. The van der Waals surface area contributed by atoms with E-state index in [2.05, 4.69) is 20.3 Å². The fourth-order valence-electron chi connectivity index (χ4n) is 4.36. The van der Waals surface area contributed by atoms with Gasteiger partial charge in [0.15, 0.2) is 11.5 Å². The number of hydrogen-bond donors (Lipinski definition) is 2. The molecule has 0 spiro atoms. The smallest absolute Gasteiger partial charge is 0.339 e.